The van der Waals surface area contributed by atoms with Crippen molar-refractivity contribution in [3.63, 3.8) is 0 Å². The van der Waals surface area contributed by atoms with Crippen molar-refractivity contribution < 1.29 is 22.4 Å². The van der Waals surface area contributed by atoms with Crippen molar-refractivity contribution in [2.24, 2.45) is 0 Å². The van der Waals surface area contributed by atoms with Gasteiger partial charge in [-0.3, -0.25) is 0 Å². The van der Waals surface area contributed by atoms with Gasteiger partial charge in [0.2, 0.25) is 0 Å². The summed E-state index contributed by atoms with van der Waals surface area (Å²) in [5.41, 5.74) is 5.35. The van der Waals surface area contributed by atoms with Crippen LogP contribution in [0.2, 0.25) is 0 Å². The second-order valence-corrected chi connectivity index (χ2v) is 19.5. The van der Waals surface area contributed by atoms with E-state index >= 15 is 0 Å². The lowest BCUT2D eigenvalue weighted by Crippen LogP contribution is -2.13. The van der Waals surface area contributed by atoms with Gasteiger partial charge in [0.1, 0.15) is 29.1 Å². The maximum Gasteiger partial charge on any atom is 0.166 e. The van der Waals surface area contributed by atoms with Crippen LogP contribution >= 0.6 is 0 Å². The molecule has 4 aromatic rings. The molecule has 0 atom stereocenters. The first kappa shape index (κ1) is 42.9. The molecule has 0 unspecified atom stereocenters. The minimum Gasteiger partial charge on any atom is -0.744 e. The van der Waals surface area contributed by atoms with E-state index in [1.54, 1.807) is 0 Å². The Kier molecular flexibility index (Phi) is 14.8. The Morgan fingerprint density at radius 3 is 1.35 bits per heavy atom. The third-order valence-electron chi connectivity index (χ3n) is 8.89. The molecule has 52 heavy (non-hydrogen) atoms. The minimum absolute atomic E-state index is 0.00919. The fraction of sp³-hybridized carbons (Fsp3) is 0.422. The number of hydrogen-bond acceptors (Lipinski definition) is 5. The predicted octanol–water partition coefficient (Wildman–Crippen LogP) is 11.9. The highest BCUT2D eigenvalue weighted by atomic mass is 32.2. The SMILES string of the molecule is C=COCCOc1ccc([S+](c2ccc(C(C)(C)C)cc2)c2ccc(C(C)(C)C)cc2)cc1.CC(C)c1cc(C(C)C)c(S(=O)(=O)[O-])c(C(C)C)c1. The van der Waals surface area contributed by atoms with Gasteiger partial charge < -0.3 is 14.0 Å². The molecule has 0 aliphatic rings. The van der Waals surface area contributed by atoms with Gasteiger partial charge in [0, 0.05) is 0 Å². The highest BCUT2D eigenvalue weighted by molar-refractivity contribution is 7.97. The summed E-state index contributed by atoms with van der Waals surface area (Å²) in [6.45, 7) is 29.9. The van der Waals surface area contributed by atoms with E-state index in [2.05, 4.69) is 135 Å². The van der Waals surface area contributed by atoms with Gasteiger partial charge in [0.25, 0.3) is 0 Å². The largest absolute Gasteiger partial charge is 0.744 e. The first-order valence-electron chi connectivity index (χ1n) is 18.2. The van der Waals surface area contributed by atoms with Crippen molar-refractivity contribution in [3.05, 3.63) is 126 Å². The Hall–Kier alpha value is -3.52. The van der Waals surface area contributed by atoms with E-state index in [4.69, 9.17) is 9.47 Å². The third-order valence-corrected chi connectivity index (χ3v) is 12.1. The molecule has 0 saturated heterocycles. The highest BCUT2D eigenvalue weighted by Gasteiger charge is 2.30. The lowest BCUT2D eigenvalue weighted by molar-refractivity contribution is 0.179. The number of benzene rings is 4. The molecule has 0 bridgehead atoms. The molecule has 0 spiro atoms. The van der Waals surface area contributed by atoms with Crippen LogP contribution in [0, 0.1) is 0 Å². The van der Waals surface area contributed by atoms with Crippen LogP contribution in [-0.4, -0.2) is 26.2 Å². The molecule has 0 aliphatic heterocycles. The Balaban J connectivity index is 0.000000326. The van der Waals surface area contributed by atoms with E-state index in [0.717, 1.165) is 11.3 Å². The van der Waals surface area contributed by atoms with Gasteiger partial charge in [-0.15, -0.1) is 0 Å². The molecule has 0 aromatic heterocycles. The Morgan fingerprint density at radius 1 is 0.654 bits per heavy atom. The van der Waals surface area contributed by atoms with E-state index in [1.807, 2.05) is 39.8 Å². The molecule has 4 rings (SSSR count). The van der Waals surface area contributed by atoms with Crippen molar-refractivity contribution in [2.75, 3.05) is 13.2 Å². The molecule has 0 N–H and O–H groups in total. The van der Waals surface area contributed by atoms with Gasteiger partial charge in [-0.25, -0.2) is 8.42 Å². The van der Waals surface area contributed by atoms with Crippen molar-refractivity contribution in [1.82, 2.24) is 0 Å². The molecule has 0 heterocycles. The normalized spacial score (nSPS) is 12.2. The van der Waals surface area contributed by atoms with Crippen LogP contribution in [0.5, 0.6) is 5.75 Å². The monoisotopic (exact) mass is 744 g/mol. The second-order valence-electron chi connectivity index (χ2n) is 16.2. The summed E-state index contributed by atoms with van der Waals surface area (Å²) in [4.78, 5) is 3.90. The third kappa shape index (κ3) is 11.7. The summed E-state index contributed by atoms with van der Waals surface area (Å²) in [6, 6.07) is 30.5. The molecule has 0 saturated carbocycles. The molecular formula is C45H60O5S2. The van der Waals surface area contributed by atoms with Crippen LogP contribution in [0.1, 0.15) is 129 Å². The summed E-state index contributed by atoms with van der Waals surface area (Å²) in [6.07, 6.45) is 1.44. The summed E-state index contributed by atoms with van der Waals surface area (Å²) in [7, 11) is -4.64. The van der Waals surface area contributed by atoms with E-state index < -0.39 is 10.1 Å². The maximum atomic E-state index is 11.6. The summed E-state index contributed by atoms with van der Waals surface area (Å²) in [5.74, 6) is 1.17. The van der Waals surface area contributed by atoms with Crippen LogP contribution in [-0.2, 0) is 36.6 Å². The highest BCUT2D eigenvalue weighted by Crippen LogP contribution is 2.36. The molecule has 5 nitrogen and oxygen atoms in total. The minimum atomic E-state index is -4.45. The fourth-order valence-corrected chi connectivity index (χ4v) is 8.94. The summed E-state index contributed by atoms with van der Waals surface area (Å²) < 4.78 is 45.8. The van der Waals surface area contributed by atoms with Gasteiger partial charge in [0.05, 0.1) is 22.1 Å². The average molecular weight is 745 g/mol. The van der Waals surface area contributed by atoms with Crippen LogP contribution < -0.4 is 4.74 Å². The molecular weight excluding hydrogens is 685 g/mol. The van der Waals surface area contributed by atoms with E-state index in [0.29, 0.717) is 30.3 Å². The topological polar surface area (TPSA) is 75.7 Å². The maximum absolute atomic E-state index is 11.6. The fourth-order valence-electron chi connectivity index (χ4n) is 5.73. The van der Waals surface area contributed by atoms with Crippen LogP contribution in [0.4, 0.5) is 0 Å². The smallest absolute Gasteiger partial charge is 0.166 e. The van der Waals surface area contributed by atoms with E-state index in [9.17, 15) is 13.0 Å². The van der Waals surface area contributed by atoms with Crippen LogP contribution in [0.3, 0.4) is 0 Å². The quantitative estimate of drug-likeness (QED) is 0.0625. The standard InChI is InChI=1S/C30H37O2S.C15H24O3S/c1-8-31-21-22-32-25-13-19-28(20-14-25)33(26-15-9-23(10-16-26)29(2,3)4)27-17-11-24(12-18-27)30(5,6)7;1-9(2)12-7-13(10(3)4)15(19(16,17)18)14(8-12)11(5)6/h8-20H,1,21-22H2,2-7H3;7-11H,1-6H3,(H,16,17,18)/q+1;/p-1. The van der Waals surface area contributed by atoms with Crippen molar-refractivity contribution in [2.45, 2.75) is 131 Å². The Morgan fingerprint density at radius 2 is 1.04 bits per heavy atom. The molecule has 0 radical (unpaired) electrons. The van der Waals surface area contributed by atoms with Crippen LogP contribution in [0.25, 0.3) is 0 Å². The Bertz CT molecular complexity index is 1760. The zero-order valence-electron chi connectivity index (χ0n) is 33.4. The van der Waals surface area contributed by atoms with Gasteiger partial charge in [-0.2, -0.15) is 0 Å². The van der Waals surface area contributed by atoms with E-state index in [1.165, 1.54) is 32.1 Å². The molecule has 282 valence electrons. The van der Waals surface area contributed by atoms with Gasteiger partial charge in [0.15, 0.2) is 14.7 Å². The predicted molar refractivity (Wildman–Crippen MR) is 217 cm³/mol. The van der Waals surface area contributed by atoms with Crippen LogP contribution in [0.15, 0.2) is 117 Å². The van der Waals surface area contributed by atoms with E-state index in [-0.39, 0.29) is 38.5 Å². The van der Waals surface area contributed by atoms with Crippen molar-refractivity contribution >= 4 is 21.0 Å². The molecule has 4 aromatic carbocycles. The second kappa shape index (κ2) is 18.0. The first-order chi connectivity index (χ1) is 24.1. The first-order valence-corrected chi connectivity index (χ1v) is 20.8. The molecule has 0 aliphatic carbocycles. The molecule has 0 fully saturated rings. The summed E-state index contributed by atoms with van der Waals surface area (Å²) >= 11 is 0. The summed E-state index contributed by atoms with van der Waals surface area (Å²) in [5, 5.41) is 0. The Labute approximate surface area is 318 Å². The van der Waals surface area contributed by atoms with Gasteiger partial charge in [-0.1, -0.05) is 126 Å². The zero-order valence-corrected chi connectivity index (χ0v) is 35.0. The number of rotatable bonds is 12. The van der Waals surface area contributed by atoms with Crippen molar-refractivity contribution in [1.29, 1.82) is 0 Å². The lowest BCUT2D eigenvalue weighted by Gasteiger charge is -2.24. The van der Waals surface area contributed by atoms with Gasteiger partial charge in [-0.05, 0) is 105 Å². The molecule has 7 heteroatoms. The molecule has 0 amide bonds. The zero-order chi connectivity index (χ0) is 39.0. The number of hydrogen-bond donors (Lipinski definition) is 0. The lowest BCUT2D eigenvalue weighted by atomic mass is 9.87. The van der Waals surface area contributed by atoms with Gasteiger partial charge >= 0.3 is 0 Å². The average Bonchev–Trinajstić information content (AvgIpc) is 3.06. The number of ether oxygens (including phenoxy) is 2. The van der Waals surface area contributed by atoms with Crippen molar-refractivity contribution in [3.8, 4) is 5.75 Å².